The van der Waals surface area contributed by atoms with Gasteiger partial charge in [0, 0.05) is 18.7 Å². The van der Waals surface area contributed by atoms with Gasteiger partial charge < -0.3 is 19.9 Å². The van der Waals surface area contributed by atoms with Gasteiger partial charge in [-0.05, 0) is 36.4 Å². The highest BCUT2D eigenvalue weighted by atomic mass is 32.2. The van der Waals surface area contributed by atoms with Crippen molar-refractivity contribution in [1.29, 1.82) is 0 Å². The summed E-state index contributed by atoms with van der Waals surface area (Å²) < 4.78 is 120. The monoisotopic (exact) mass is 553 g/mol. The molecule has 14 heteroatoms. The molecule has 0 fully saturated rings. The molecule has 1 unspecified atom stereocenters. The number of hydrogen-bond acceptors (Lipinski definition) is 6. The minimum absolute atomic E-state index is 0.160. The van der Waals surface area contributed by atoms with Gasteiger partial charge in [0.15, 0.2) is 29.5 Å². The summed E-state index contributed by atoms with van der Waals surface area (Å²) in [6, 6.07) is 11.4. The van der Waals surface area contributed by atoms with Crippen molar-refractivity contribution in [1.82, 2.24) is 3.89 Å². The predicted molar refractivity (Wildman–Crippen MR) is 123 cm³/mol. The lowest BCUT2D eigenvalue weighted by Crippen LogP contribution is -2.58. The number of nitrogens with two attached hydrogens (primary N) is 1. The second kappa shape index (κ2) is 10.6. The number of methoxy groups -OCH3 is 1. The van der Waals surface area contributed by atoms with Crippen LogP contribution in [-0.4, -0.2) is 53.3 Å². The van der Waals surface area contributed by atoms with E-state index in [1.807, 2.05) is 0 Å². The van der Waals surface area contributed by atoms with Crippen LogP contribution in [0, 0.1) is 0 Å². The fourth-order valence-corrected chi connectivity index (χ4v) is 5.57. The van der Waals surface area contributed by atoms with Crippen LogP contribution < -0.4 is 19.1 Å². The van der Waals surface area contributed by atoms with Gasteiger partial charge in [-0.2, -0.15) is 34.8 Å². The first kappa shape index (κ1) is 28.3. The van der Waals surface area contributed by atoms with Crippen LogP contribution in [0.4, 0.5) is 32.0 Å². The molecule has 1 aliphatic heterocycles. The fraction of sp³-hybridized carbons (Fsp3) is 0.304. The zero-order chi connectivity index (χ0) is 27.5. The molecule has 0 aromatic heterocycles. The average molecular weight is 554 g/mol. The molecule has 1 aliphatic rings. The summed E-state index contributed by atoms with van der Waals surface area (Å²) in [5.41, 5.74) is 5.11. The average Bonchev–Trinajstić information content (AvgIpc) is 2.81. The third-order valence-electron chi connectivity index (χ3n) is 5.25. The molecule has 1 heterocycles. The van der Waals surface area contributed by atoms with E-state index in [-0.39, 0.29) is 17.0 Å². The summed E-state index contributed by atoms with van der Waals surface area (Å²) in [5.74, 6) is -2.34. The third kappa shape index (κ3) is 6.37. The summed E-state index contributed by atoms with van der Waals surface area (Å²) in [4.78, 5) is 0. The fourth-order valence-electron chi connectivity index (χ4n) is 3.76. The minimum atomic E-state index is -5.30. The molecule has 0 saturated carbocycles. The Hall–Kier alpha value is -3.23. The van der Waals surface area contributed by atoms with E-state index in [1.165, 1.54) is 31.4 Å². The number of alkyl halides is 6. The zero-order valence-corrected chi connectivity index (χ0v) is 20.2. The molecule has 37 heavy (non-hydrogen) atoms. The van der Waals surface area contributed by atoms with Crippen molar-refractivity contribution < 1.29 is 49.0 Å². The molecule has 0 spiro atoms. The van der Waals surface area contributed by atoms with Gasteiger partial charge in [-0.15, -0.1) is 3.89 Å². The largest absolute Gasteiger partial charge is 0.493 e. The molecule has 0 radical (unpaired) electrons. The number of benzene rings is 2. The van der Waals surface area contributed by atoms with E-state index in [4.69, 9.17) is 19.9 Å². The number of rotatable bonds is 9. The zero-order valence-electron chi connectivity index (χ0n) is 19.3. The molecule has 0 saturated heterocycles. The molecular formula is C23H23F6N2O5S+. The molecule has 202 valence electrons. The number of halogens is 6. The van der Waals surface area contributed by atoms with Gasteiger partial charge in [0.1, 0.15) is 12.3 Å². The Morgan fingerprint density at radius 3 is 2.11 bits per heavy atom. The van der Waals surface area contributed by atoms with Gasteiger partial charge >= 0.3 is 28.3 Å². The van der Waals surface area contributed by atoms with Gasteiger partial charge in [0.25, 0.3) is 0 Å². The van der Waals surface area contributed by atoms with Crippen LogP contribution in [0.1, 0.15) is 0 Å². The SMILES string of the molecule is COc1ccccc1Oc1ccc([N+]2(S(=O)(=O)CC(F)(F)F)CC=CC(CN)=C2OCC(F)(F)F)cc1. The van der Waals surface area contributed by atoms with Crippen LogP contribution in [0.15, 0.2) is 72.1 Å². The lowest BCUT2D eigenvalue weighted by Gasteiger charge is -2.38. The second-order valence-electron chi connectivity index (χ2n) is 7.85. The van der Waals surface area contributed by atoms with E-state index in [9.17, 15) is 34.8 Å². The number of quaternary nitrogens is 1. The number of nitrogens with zero attached hydrogens (tertiary/aromatic N) is 1. The first-order valence-corrected chi connectivity index (χ1v) is 12.2. The van der Waals surface area contributed by atoms with Crippen molar-refractivity contribution in [2.75, 3.05) is 32.6 Å². The Morgan fingerprint density at radius 1 is 0.946 bits per heavy atom. The number of para-hydroxylation sites is 2. The Bertz CT molecular complexity index is 1270. The maximum Gasteiger partial charge on any atom is 0.422 e. The van der Waals surface area contributed by atoms with Crippen LogP contribution in [0.3, 0.4) is 0 Å². The topological polar surface area (TPSA) is 87.9 Å². The van der Waals surface area contributed by atoms with Crippen LogP contribution >= 0.6 is 0 Å². The van der Waals surface area contributed by atoms with Crippen molar-refractivity contribution in [3.63, 3.8) is 0 Å². The first-order valence-electron chi connectivity index (χ1n) is 10.6. The molecular weight excluding hydrogens is 530 g/mol. The van der Waals surface area contributed by atoms with Gasteiger partial charge in [0.05, 0.1) is 12.7 Å². The van der Waals surface area contributed by atoms with Crippen LogP contribution in [0.25, 0.3) is 0 Å². The van der Waals surface area contributed by atoms with Crippen LogP contribution in [0.2, 0.25) is 0 Å². The molecule has 0 bridgehead atoms. The summed E-state index contributed by atoms with van der Waals surface area (Å²) in [5, 5.41) is 0. The molecule has 2 aromatic carbocycles. The Kier molecular flexibility index (Phi) is 8.15. The molecule has 3 rings (SSSR count). The number of hydrogen-bond donors (Lipinski definition) is 1. The number of sulfonamides is 1. The summed E-state index contributed by atoms with van der Waals surface area (Å²) >= 11 is 0. The van der Waals surface area contributed by atoms with Gasteiger partial charge in [-0.3, -0.25) is 0 Å². The van der Waals surface area contributed by atoms with E-state index < -0.39 is 57.6 Å². The maximum absolute atomic E-state index is 13.4. The summed E-state index contributed by atoms with van der Waals surface area (Å²) in [6.45, 7) is -3.09. The van der Waals surface area contributed by atoms with E-state index in [0.29, 0.717) is 11.5 Å². The Morgan fingerprint density at radius 2 is 1.57 bits per heavy atom. The Balaban J connectivity index is 2.15. The van der Waals surface area contributed by atoms with Crippen molar-refractivity contribution >= 4 is 15.7 Å². The minimum Gasteiger partial charge on any atom is -0.493 e. The van der Waals surface area contributed by atoms with Crippen molar-refractivity contribution in [2.24, 2.45) is 5.73 Å². The second-order valence-corrected chi connectivity index (χ2v) is 9.93. The van der Waals surface area contributed by atoms with Gasteiger partial charge in [-0.1, -0.05) is 12.1 Å². The maximum atomic E-state index is 13.4. The van der Waals surface area contributed by atoms with Crippen LogP contribution in [-0.2, 0) is 14.8 Å². The van der Waals surface area contributed by atoms with E-state index >= 15 is 0 Å². The van der Waals surface area contributed by atoms with Crippen molar-refractivity contribution in [3.8, 4) is 17.2 Å². The van der Waals surface area contributed by atoms with E-state index in [1.54, 1.807) is 24.3 Å². The predicted octanol–water partition coefficient (Wildman–Crippen LogP) is 5.01. The van der Waals surface area contributed by atoms with Gasteiger partial charge in [-0.25, -0.2) is 0 Å². The highest BCUT2D eigenvalue weighted by Gasteiger charge is 2.56. The highest BCUT2D eigenvalue weighted by Crippen LogP contribution is 2.42. The smallest absolute Gasteiger partial charge is 0.422 e. The molecule has 1 atom stereocenters. The van der Waals surface area contributed by atoms with E-state index in [2.05, 4.69) is 0 Å². The third-order valence-corrected chi connectivity index (χ3v) is 7.42. The van der Waals surface area contributed by atoms with Crippen molar-refractivity contribution in [3.05, 3.63) is 72.1 Å². The highest BCUT2D eigenvalue weighted by molar-refractivity contribution is 7.91. The van der Waals surface area contributed by atoms with E-state index in [0.717, 1.165) is 12.1 Å². The molecule has 2 N–H and O–H groups in total. The summed E-state index contributed by atoms with van der Waals surface area (Å²) in [7, 11) is -3.89. The summed E-state index contributed by atoms with van der Waals surface area (Å²) in [6.07, 6.45) is -7.64. The standard InChI is InChI=1S/C23H23F6N2O5S/c1-34-19-6-2-3-7-20(19)36-18-10-8-17(9-11-18)31(37(32,33)15-23(27,28)29)12-4-5-16(13-30)21(31)35-14-22(24,25)26/h2-11H,12-15,30H2,1H3/q+1. The molecule has 2 aromatic rings. The normalized spacial score (nSPS) is 18.6. The lowest BCUT2D eigenvalue weighted by molar-refractivity contribution is -0.168. The van der Waals surface area contributed by atoms with Gasteiger partial charge in [0.2, 0.25) is 0 Å². The lowest BCUT2D eigenvalue weighted by atomic mass is 10.1. The van der Waals surface area contributed by atoms with Crippen molar-refractivity contribution in [2.45, 2.75) is 12.4 Å². The molecule has 0 aliphatic carbocycles. The molecule has 0 amide bonds. The molecule has 7 nitrogen and oxygen atoms in total. The first-order chi connectivity index (χ1) is 17.2. The number of ether oxygens (including phenoxy) is 3. The quantitative estimate of drug-likeness (QED) is 0.347. The Labute approximate surface area is 209 Å². The van der Waals surface area contributed by atoms with Crippen LogP contribution in [0.5, 0.6) is 17.2 Å².